The largest absolute Gasteiger partial charge is 0.483 e. The van der Waals surface area contributed by atoms with Gasteiger partial charge in [-0.3, -0.25) is 0 Å². The topological polar surface area (TPSA) is 160 Å². The number of nitrogens with zero attached hydrogens (tertiary/aromatic N) is 5. The quantitative estimate of drug-likeness (QED) is 0.632. The minimum absolute atomic E-state index is 0.0210. The lowest BCUT2D eigenvalue weighted by Crippen LogP contribution is -2.48. The van der Waals surface area contributed by atoms with Gasteiger partial charge in [-0.05, 0) is 18.2 Å². The minimum Gasteiger partial charge on any atom is -0.483 e. The summed E-state index contributed by atoms with van der Waals surface area (Å²) in [6.07, 6.45) is -3.85. The second-order valence-corrected chi connectivity index (χ2v) is 8.75. The van der Waals surface area contributed by atoms with E-state index in [2.05, 4.69) is 9.97 Å². The number of hydrogen-bond acceptors (Lipinski definition) is 9. The van der Waals surface area contributed by atoms with Gasteiger partial charge in [0.15, 0.2) is 5.75 Å². The van der Waals surface area contributed by atoms with E-state index in [-0.39, 0.29) is 11.6 Å². The van der Waals surface area contributed by atoms with Crippen LogP contribution in [0.4, 0.5) is 13.2 Å². The van der Waals surface area contributed by atoms with Crippen molar-refractivity contribution in [3.63, 3.8) is 0 Å². The van der Waals surface area contributed by atoms with Crippen LogP contribution in [0.15, 0.2) is 35.5 Å². The van der Waals surface area contributed by atoms with Crippen LogP contribution in [0.25, 0.3) is 0 Å². The summed E-state index contributed by atoms with van der Waals surface area (Å²) >= 11 is 0. The van der Waals surface area contributed by atoms with E-state index < -0.39 is 63.6 Å². The highest BCUT2D eigenvalue weighted by molar-refractivity contribution is 7.89. The summed E-state index contributed by atoms with van der Waals surface area (Å²) in [4.78, 5) is 6.67. The molecule has 0 radical (unpaired) electrons. The molecule has 1 aromatic heterocycles. The monoisotopic (exact) mass is 469 g/mol. The Balaban J connectivity index is 1.92. The molecule has 0 saturated carbocycles. The van der Waals surface area contributed by atoms with Gasteiger partial charge in [-0.2, -0.15) is 28.0 Å². The van der Waals surface area contributed by atoms with Crippen molar-refractivity contribution in [2.24, 2.45) is 0 Å². The van der Waals surface area contributed by atoms with Crippen molar-refractivity contribution in [2.45, 2.75) is 22.8 Å². The average molecular weight is 469 g/mol. The zero-order valence-corrected chi connectivity index (χ0v) is 16.8. The molecule has 2 atom stereocenters. The van der Waals surface area contributed by atoms with Crippen molar-refractivity contribution in [1.29, 1.82) is 10.5 Å². The lowest BCUT2D eigenvalue weighted by atomic mass is 10.0. The van der Waals surface area contributed by atoms with E-state index in [0.717, 1.165) is 12.4 Å². The second kappa shape index (κ2) is 8.33. The summed E-state index contributed by atoms with van der Waals surface area (Å²) in [5, 5.41) is 38.3. The molecule has 32 heavy (non-hydrogen) atoms. The van der Waals surface area contributed by atoms with Gasteiger partial charge in [-0.25, -0.2) is 18.4 Å². The fourth-order valence-corrected chi connectivity index (χ4v) is 4.69. The number of aliphatic hydroxyl groups is 2. The molecular weight excluding hydrogens is 455 g/mol. The van der Waals surface area contributed by atoms with Gasteiger partial charge in [-0.15, -0.1) is 0 Å². The van der Waals surface area contributed by atoms with Crippen LogP contribution >= 0.6 is 0 Å². The van der Waals surface area contributed by atoms with Crippen molar-refractivity contribution < 1.29 is 36.5 Å². The Morgan fingerprint density at radius 1 is 1.25 bits per heavy atom. The minimum atomic E-state index is -4.78. The highest BCUT2D eigenvalue weighted by Crippen LogP contribution is 2.34. The molecule has 2 heterocycles. The molecule has 3 rings (SSSR count). The summed E-state index contributed by atoms with van der Waals surface area (Å²) < 4.78 is 71.0. The summed E-state index contributed by atoms with van der Waals surface area (Å²) in [7, 11) is -4.54. The molecule has 1 fully saturated rings. The predicted octanol–water partition coefficient (Wildman–Crippen LogP) is 0.414. The number of nitriles is 2. The number of alkyl halides is 3. The standard InChI is InChI=1S/C18H14F3N5O5S/c19-18(20,21)12-1-2-14(11(3-12)4-22)32(29,30)26-8-15(17(28,9-26)10-27)31-13-6-24-16(5-23)25-7-13/h1-3,6-7,15,27-28H,8-10H2/t15-,17+/m0/s1. The zero-order valence-electron chi connectivity index (χ0n) is 16.0. The van der Waals surface area contributed by atoms with Gasteiger partial charge in [0.05, 0.1) is 41.6 Å². The van der Waals surface area contributed by atoms with Gasteiger partial charge in [0.1, 0.15) is 23.8 Å². The molecule has 0 amide bonds. The maximum absolute atomic E-state index is 13.0. The molecule has 0 bridgehead atoms. The van der Waals surface area contributed by atoms with Crippen LogP contribution in [0.5, 0.6) is 5.75 Å². The number of β-amino-alcohol motifs (C(OH)–C–C–N with tert-alkyl or cyclic N) is 1. The van der Waals surface area contributed by atoms with Crippen LogP contribution in [-0.4, -0.2) is 64.3 Å². The summed E-state index contributed by atoms with van der Waals surface area (Å²) in [6.45, 7) is -2.05. The Morgan fingerprint density at radius 3 is 2.44 bits per heavy atom. The maximum atomic E-state index is 13.0. The highest BCUT2D eigenvalue weighted by atomic mass is 32.2. The maximum Gasteiger partial charge on any atom is 0.416 e. The van der Waals surface area contributed by atoms with Crippen LogP contribution in [0.1, 0.15) is 17.0 Å². The van der Waals surface area contributed by atoms with E-state index in [1.165, 1.54) is 6.07 Å². The van der Waals surface area contributed by atoms with Crippen LogP contribution in [0.3, 0.4) is 0 Å². The number of benzene rings is 1. The normalized spacial score (nSPS) is 21.7. The fraction of sp³-hybridized carbons (Fsp3) is 0.333. The Bertz CT molecular complexity index is 1210. The first-order chi connectivity index (χ1) is 14.9. The number of hydrogen-bond donors (Lipinski definition) is 2. The van der Waals surface area contributed by atoms with Gasteiger partial charge >= 0.3 is 6.18 Å². The van der Waals surface area contributed by atoms with Crippen molar-refractivity contribution >= 4 is 10.0 Å². The third kappa shape index (κ3) is 4.35. The third-order valence-corrected chi connectivity index (χ3v) is 6.61. The zero-order chi connectivity index (χ0) is 23.7. The SMILES string of the molecule is N#Cc1ncc(O[C@H]2CN(S(=O)(=O)c3ccc(C(F)(F)F)cc3C#N)C[C@@]2(O)CO)cn1. The number of aromatic nitrogens is 2. The molecule has 1 saturated heterocycles. The summed E-state index contributed by atoms with van der Waals surface area (Å²) in [6, 6.07) is 4.75. The van der Waals surface area contributed by atoms with Crippen molar-refractivity contribution in [3.05, 3.63) is 47.5 Å². The molecule has 1 aliphatic rings. The molecule has 0 unspecified atom stereocenters. The van der Waals surface area contributed by atoms with Gasteiger partial charge in [0.25, 0.3) is 0 Å². The van der Waals surface area contributed by atoms with E-state index in [9.17, 15) is 37.1 Å². The molecule has 1 aliphatic heterocycles. The van der Waals surface area contributed by atoms with Crippen molar-refractivity contribution in [1.82, 2.24) is 14.3 Å². The van der Waals surface area contributed by atoms with Crippen LogP contribution in [0.2, 0.25) is 0 Å². The van der Waals surface area contributed by atoms with Gasteiger partial charge in [-0.1, -0.05) is 0 Å². The van der Waals surface area contributed by atoms with Gasteiger partial charge in [0.2, 0.25) is 15.8 Å². The van der Waals surface area contributed by atoms with E-state index in [1.54, 1.807) is 6.07 Å². The van der Waals surface area contributed by atoms with Crippen molar-refractivity contribution in [2.75, 3.05) is 19.7 Å². The first kappa shape index (κ1) is 23.4. The number of rotatable bonds is 5. The second-order valence-electron chi connectivity index (χ2n) is 6.84. The van der Waals surface area contributed by atoms with E-state index in [1.807, 2.05) is 0 Å². The summed E-state index contributed by atoms with van der Waals surface area (Å²) in [5.74, 6) is -0.177. The number of halogens is 3. The molecule has 0 aliphatic carbocycles. The van der Waals surface area contributed by atoms with Crippen LogP contribution < -0.4 is 4.74 Å². The molecule has 2 N–H and O–H groups in total. The molecule has 2 aromatic rings. The molecule has 1 aromatic carbocycles. The first-order valence-electron chi connectivity index (χ1n) is 8.78. The Hall–Kier alpha value is -3.30. The van der Waals surface area contributed by atoms with Crippen LogP contribution in [0, 0.1) is 22.7 Å². The Morgan fingerprint density at radius 2 is 1.91 bits per heavy atom. The molecular formula is C18H14F3N5O5S. The van der Waals surface area contributed by atoms with Crippen molar-refractivity contribution in [3.8, 4) is 17.9 Å². The number of aliphatic hydroxyl groups excluding tert-OH is 1. The van der Waals surface area contributed by atoms with Gasteiger partial charge in [0, 0.05) is 6.54 Å². The average Bonchev–Trinajstić information content (AvgIpc) is 3.10. The molecule has 14 heteroatoms. The third-order valence-electron chi connectivity index (χ3n) is 4.74. The number of ether oxygens (including phenoxy) is 1. The Kier molecular flexibility index (Phi) is 6.08. The molecule has 0 spiro atoms. The summed E-state index contributed by atoms with van der Waals surface area (Å²) in [5.41, 5.74) is -3.99. The van der Waals surface area contributed by atoms with E-state index in [0.29, 0.717) is 22.5 Å². The molecule has 168 valence electrons. The van der Waals surface area contributed by atoms with Gasteiger partial charge < -0.3 is 14.9 Å². The molecule has 10 nitrogen and oxygen atoms in total. The van der Waals surface area contributed by atoms with E-state index >= 15 is 0 Å². The highest BCUT2D eigenvalue weighted by Gasteiger charge is 2.51. The number of sulfonamides is 1. The van der Waals surface area contributed by atoms with E-state index in [4.69, 9.17) is 10.00 Å². The predicted molar refractivity (Wildman–Crippen MR) is 98.1 cm³/mol. The van der Waals surface area contributed by atoms with Crippen LogP contribution in [-0.2, 0) is 16.2 Å². The first-order valence-corrected chi connectivity index (χ1v) is 10.2. The Labute approximate surface area is 179 Å². The fourth-order valence-electron chi connectivity index (χ4n) is 3.07. The lowest BCUT2D eigenvalue weighted by molar-refractivity contribution is -0.137. The lowest BCUT2D eigenvalue weighted by Gasteiger charge is -2.26. The smallest absolute Gasteiger partial charge is 0.416 e.